The minimum Gasteiger partial charge on any atom is -0.494 e. The average Bonchev–Trinajstić information content (AvgIpc) is 3.27. The zero-order valence-electron chi connectivity index (χ0n) is 20.6. The highest BCUT2D eigenvalue weighted by atomic mass is 32.2. The highest BCUT2D eigenvalue weighted by Gasteiger charge is 2.34. The minimum absolute atomic E-state index is 0.171. The van der Waals surface area contributed by atoms with E-state index in [0.29, 0.717) is 23.3 Å². The SMILES string of the molecule is CCCCOc1ccc(C2C(C(=O)Nc3ccccc3)=C(C)Nc3nc(SCCCC)nn32)cc1. The lowest BCUT2D eigenvalue weighted by atomic mass is 9.95. The molecule has 2 N–H and O–H groups in total. The molecule has 1 unspecified atom stereocenters. The largest absolute Gasteiger partial charge is 0.494 e. The molecule has 2 heterocycles. The standard InChI is InChI=1S/C27H33N5O2S/c1-4-6-17-34-22-15-13-20(14-16-22)24-23(25(33)29-21-11-9-8-10-12-21)19(3)28-26-30-27(31-32(24)26)35-18-7-5-2/h8-16,24H,4-7,17-18H2,1-3H3,(H,29,33)(H,28,30,31). The van der Waals surface area contributed by atoms with Gasteiger partial charge in [-0.1, -0.05) is 68.8 Å². The number of allylic oxidation sites excluding steroid dienone is 1. The summed E-state index contributed by atoms with van der Waals surface area (Å²) in [5, 5.41) is 11.9. The molecular weight excluding hydrogens is 458 g/mol. The van der Waals surface area contributed by atoms with Crippen molar-refractivity contribution in [3.8, 4) is 5.75 Å². The Morgan fingerprint density at radius 2 is 1.83 bits per heavy atom. The van der Waals surface area contributed by atoms with Crippen LogP contribution in [0.2, 0.25) is 0 Å². The van der Waals surface area contributed by atoms with E-state index in [-0.39, 0.29) is 5.91 Å². The Bertz CT molecular complexity index is 1160. The van der Waals surface area contributed by atoms with Gasteiger partial charge < -0.3 is 15.4 Å². The first-order chi connectivity index (χ1) is 17.1. The Balaban J connectivity index is 1.67. The molecule has 0 fully saturated rings. The van der Waals surface area contributed by atoms with E-state index in [1.165, 1.54) is 0 Å². The molecule has 1 aromatic heterocycles. The van der Waals surface area contributed by atoms with Crippen LogP contribution in [-0.4, -0.2) is 33.0 Å². The topological polar surface area (TPSA) is 81.1 Å². The van der Waals surface area contributed by atoms with Gasteiger partial charge in [-0.3, -0.25) is 4.79 Å². The number of hydrogen-bond acceptors (Lipinski definition) is 6. The molecule has 0 saturated heterocycles. The molecule has 1 aliphatic heterocycles. The van der Waals surface area contributed by atoms with Gasteiger partial charge in [-0.15, -0.1) is 5.10 Å². The number of rotatable bonds is 11. The second-order valence-corrected chi connectivity index (χ2v) is 9.58. The first-order valence-electron chi connectivity index (χ1n) is 12.3. The number of unbranched alkanes of at least 4 members (excludes halogenated alkanes) is 2. The monoisotopic (exact) mass is 491 g/mol. The van der Waals surface area contributed by atoms with Crippen molar-refractivity contribution < 1.29 is 9.53 Å². The predicted molar refractivity (Wildman–Crippen MR) is 142 cm³/mol. The van der Waals surface area contributed by atoms with Crippen molar-refractivity contribution in [2.24, 2.45) is 0 Å². The number of carbonyl (C=O) groups is 1. The average molecular weight is 492 g/mol. The third kappa shape index (κ3) is 6.06. The number of hydrogen-bond donors (Lipinski definition) is 2. The molecule has 3 aromatic rings. The molecule has 0 bridgehead atoms. The zero-order chi connectivity index (χ0) is 24.6. The molecule has 0 spiro atoms. The highest BCUT2D eigenvalue weighted by Crippen LogP contribution is 2.37. The summed E-state index contributed by atoms with van der Waals surface area (Å²) in [7, 11) is 0. The van der Waals surface area contributed by atoms with Crippen molar-refractivity contribution in [3.63, 3.8) is 0 Å². The normalized spacial score (nSPS) is 14.9. The predicted octanol–water partition coefficient (Wildman–Crippen LogP) is 6.28. The number of anilines is 2. The fraction of sp³-hybridized carbons (Fsp3) is 0.370. The zero-order valence-corrected chi connectivity index (χ0v) is 21.4. The van der Waals surface area contributed by atoms with Gasteiger partial charge in [0.1, 0.15) is 11.8 Å². The molecule has 0 radical (unpaired) electrons. The van der Waals surface area contributed by atoms with E-state index in [2.05, 4.69) is 24.5 Å². The summed E-state index contributed by atoms with van der Waals surface area (Å²) in [5.74, 6) is 2.26. The van der Waals surface area contributed by atoms with E-state index >= 15 is 0 Å². The Morgan fingerprint density at radius 3 is 2.54 bits per heavy atom. The van der Waals surface area contributed by atoms with Crippen LogP contribution in [0.25, 0.3) is 0 Å². The highest BCUT2D eigenvalue weighted by molar-refractivity contribution is 7.99. The van der Waals surface area contributed by atoms with Crippen LogP contribution in [0, 0.1) is 0 Å². The van der Waals surface area contributed by atoms with Crippen LogP contribution in [0.4, 0.5) is 11.6 Å². The fourth-order valence-electron chi connectivity index (χ4n) is 3.90. The van der Waals surface area contributed by atoms with Gasteiger partial charge in [0, 0.05) is 17.1 Å². The smallest absolute Gasteiger partial charge is 0.255 e. The number of amides is 1. The maximum absolute atomic E-state index is 13.5. The fourth-order valence-corrected chi connectivity index (χ4v) is 4.82. The van der Waals surface area contributed by atoms with Crippen molar-refractivity contribution in [2.45, 2.75) is 57.7 Å². The van der Waals surface area contributed by atoms with Crippen LogP contribution >= 0.6 is 11.8 Å². The van der Waals surface area contributed by atoms with E-state index < -0.39 is 6.04 Å². The molecule has 4 rings (SSSR count). The van der Waals surface area contributed by atoms with Gasteiger partial charge in [-0.05, 0) is 49.6 Å². The summed E-state index contributed by atoms with van der Waals surface area (Å²) >= 11 is 1.64. The number of ether oxygens (including phenoxy) is 1. The molecule has 0 saturated carbocycles. The van der Waals surface area contributed by atoms with Gasteiger partial charge in [-0.25, -0.2) is 4.68 Å². The number of nitrogens with zero attached hydrogens (tertiary/aromatic N) is 3. The molecule has 7 nitrogen and oxygen atoms in total. The van der Waals surface area contributed by atoms with Gasteiger partial charge >= 0.3 is 0 Å². The van der Waals surface area contributed by atoms with Crippen molar-refractivity contribution in [1.82, 2.24) is 14.8 Å². The summed E-state index contributed by atoms with van der Waals surface area (Å²) < 4.78 is 7.68. The van der Waals surface area contributed by atoms with E-state index in [4.69, 9.17) is 14.8 Å². The van der Waals surface area contributed by atoms with Crippen LogP contribution < -0.4 is 15.4 Å². The Kier molecular flexibility index (Phi) is 8.47. The summed E-state index contributed by atoms with van der Waals surface area (Å²) in [6.07, 6.45) is 4.33. The number of thioether (sulfide) groups is 1. The van der Waals surface area contributed by atoms with E-state index in [9.17, 15) is 4.79 Å². The first-order valence-corrected chi connectivity index (χ1v) is 13.3. The third-order valence-corrected chi connectivity index (χ3v) is 6.72. The van der Waals surface area contributed by atoms with E-state index in [0.717, 1.165) is 54.1 Å². The number of para-hydroxylation sites is 1. The molecule has 1 aliphatic rings. The summed E-state index contributed by atoms with van der Waals surface area (Å²) in [6.45, 7) is 6.92. The van der Waals surface area contributed by atoms with Crippen LogP contribution in [0.3, 0.4) is 0 Å². The minimum atomic E-state index is -0.410. The van der Waals surface area contributed by atoms with Crippen LogP contribution in [-0.2, 0) is 4.79 Å². The number of aromatic nitrogens is 3. The number of benzene rings is 2. The Hall–Kier alpha value is -3.26. The number of fused-ring (bicyclic) bond motifs is 1. The third-order valence-electron chi connectivity index (χ3n) is 5.80. The molecule has 1 atom stereocenters. The first kappa shape index (κ1) is 24.9. The van der Waals surface area contributed by atoms with Crippen molar-refractivity contribution >= 4 is 29.3 Å². The van der Waals surface area contributed by atoms with Crippen molar-refractivity contribution in [3.05, 3.63) is 71.4 Å². The molecule has 184 valence electrons. The summed E-state index contributed by atoms with van der Waals surface area (Å²) in [5.41, 5.74) is 3.06. The lowest BCUT2D eigenvalue weighted by Crippen LogP contribution is -2.31. The number of carbonyl (C=O) groups excluding carboxylic acids is 1. The molecular formula is C27H33N5O2S. The second kappa shape index (κ2) is 11.9. The Labute approximate surface area is 211 Å². The van der Waals surface area contributed by atoms with Gasteiger partial charge in [0.05, 0.1) is 12.2 Å². The van der Waals surface area contributed by atoms with Gasteiger partial charge in [0.25, 0.3) is 5.91 Å². The maximum atomic E-state index is 13.5. The quantitative estimate of drug-likeness (QED) is 0.243. The summed E-state index contributed by atoms with van der Waals surface area (Å²) in [4.78, 5) is 18.2. The van der Waals surface area contributed by atoms with Gasteiger partial charge in [0.2, 0.25) is 11.1 Å². The second-order valence-electron chi connectivity index (χ2n) is 8.52. The lowest BCUT2D eigenvalue weighted by Gasteiger charge is -2.28. The molecule has 2 aromatic carbocycles. The van der Waals surface area contributed by atoms with Crippen LogP contribution in [0.15, 0.2) is 71.0 Å². The van der Waals surface area contributed by atoms with Crippen LogP contribution in [0.5, 0.6) is 5.75 Å². The molecule has 8 heteroatoms. The lowest BCUT2D eigenvalue weighted by molar-refractivity contribution is -0.113. The van der Waals surface area contributed by atoms with E-state index in [1.54, 1.807) is 11.8 Å². The molecule has 35 heavy (non-hydrogen) atoms. The Morgan fingerprint density at radius 1 is 1.09 bits per heavy atom. The van der Waals surface area contributed by atoms with Crippen molar-refractivity contribution in [2.75, 3.05) is 23.0 Å². The van der Waals surface area contributed by atoms with Gasteiger partial charge in [-0.2, -0.15) is 4.98 Å². The number of nitrogens with one attached hydrogen (secondary N) is 2. The summed E-state index contributed by atoms with van der Waals surface area (Å²) in [6, 6.07) is 17.0. The molecule has 1 amide bonds. The van der Waals surface area contributed by atoms with E-state index in [1.807, 2.05) is 66.2 Å². The maximum Gasteiger partial charge on any atom is 0.255 e. The van der Waals surface area contributed by atoms with Crippen molar-refractivity contribution in [1.29, 1.82) is 0 Å². The van der Waals surface area contributed by atoms with Gasteiger partial charge in [0.15, 0.2) is 0 Å². The van der Waals surface area contributed by atoms with Crippen LogP contribution in [0.1, 0.15) is 58.1 Å². The molecule has 0 aliphatic carbocycles.